The van der Waals surface area contributed by atoms with E-state index in [1.165, 1.54) is 5.56 Å². The van der Waals surface area contributed by atoms with Gasteiger partial charge in [-0.3, -0.25) is 14.0 Å². The molecule has 0 amide bonds. The van der Waals surface area contributed by atoms with Crippen molar-refractivity contribution in [3.05, 3.63) is 88.1 Å². The zero-order valence-electron chi connectivity index (χ0n) is 23.7. The van der Waals surface area contributed by atoms with E-state index in [9.17, 15) is 10.1 Å². The summed E-state index contributed by atoms with van der Waals surface area (Å²) in [5, 5.41) is 9.93. The molecule has 1 saturated heterocycles. The fourth-order valence-electron chi connectivity index (χ4n) is 6.07. The van der Waals surface area contributed by atoms with Crippen LogP contribution in [0.2, 0.25) is 0 Å². The summed E-state index contributed by atoms with van der Waals surface area (Å²) in [6, 6.07) is 22.8. The summed E-state index contributed by atoms with van der Waals surface area (Å²) in [7, 11) is 1.82. The number of aromatic amines is 1. The summed E-state index contributed by atoms with van der Waals surface area (Å²) in [5.74, 6) is 1.45. The molecule has 0 saturated carbocycles. The Morgan fingerprint density at radius 1 is 1.07 bits per heavy atom. The van der Waals surface area contributed by atoms with Crippen LogP contribution in [0.3, 0.4) is 0 Å². The summed E-state index contributed by atoms with van der Waals surface area (Å²) < 4.78 is 3.57. The van der Waals surface area contributed by atoms with Gasteiger partial charge in [0, 0.05) is 32.6 Å². The maximum Gasteiger partial charge on any atom is 0.328 e. The van der Waals surface area contributed by atoms with Crippen molar-refractivity contribution >= 4 is 22.1 Å². The van der Waals surface area contributed by atoms with E-state index in [4.69, 9.17) is 4.98 Å². The molecule has 1 N–H and O–H groups in total. The van der Waals surface area contributed by atoms with Gasteiger partial charge >= 0.3 is 5.69 Å². The summed E-state index contributed by atoms with van der Waals surface area (Å²) in [4.78, 5) is 23.9. The molecular weight excluding hydrogens is 496 g/mol. The minimum Gasteiger partial charge on any atom is -0.342 e. The molecule has 7 heteroatoms. The van der Waals surface area contributed by atoms with Crippen molar-refractivity contribution in [2.75, 3.05) is 13.1 Å². The number of para-hydroxylation sites is 2. The molecule has 0 radical (unpaired) electrons. The number of piperidine rings is 1. The van der Waals surface area contributed by atoms with Crippen molar-refractivity contribution in [3.8, 4) is 17.2 Å². The fraction of sp³-hybridized carbons (Fsp3) is 0.364. The molecule has 1 atom stereocenters. The number of fused-ring (bicyclic) bond motifs is 2. The molecule has 1 aliphatic rings. The molecule has 0 spiro atoms. The maximum absolute atomic E-state index is 13.1. The number of aryl methyl sites for hydroxylation is 1. The van der Waals surface area contributed by atoms with Gasteiger partial charge in [-0.05, 0) is 77.9 Å². The van der Waals surface area contributed by atoms with Crippen LogP contribution in [0, 0.1) is 16.7 Å². The number of imidazole rings is 2. The van der Waals surface area contributed by atoms with Crippen molar-refractivity contribution in [1.29, 1.82) is 5.26 Å². The van der Waals surface area contributed by atoms with Gasteiger partial charge in [0.2, 0.25) is 0 Å². The standard InChI is InChI=1S/C33H36N6O/c1-33(2,3)21-39-29-14-13-23(17-30(29)37(4)32(39)40)26-16-22(11-12-24(26)18-34)19-38-15-7-8-25(20-38)31-35-27-9-5-6-10-28(27)36-31/h5-6,9-14,16-17,25H,7-8,15,19-21H2,1-4H3,(H,35,36). The topological polar surface area (TPSA) is 82.6 Å². The van der Waals surface area contributed by atoms with Crippen LogP contribution in [-0.4, -0.2) is 37.1 Å². The average Bonchev–Trinajstić information content (AvgIpc) is 3.48. The van der Waals surface area contributed by atoms with Crippen LogP contribution in [0.15, 0.2) is 65.5 Å². The summed E-state index contributed by atoms with van der Waals surface area (Å²) in [6.45, 7) is 9.87. The van der Waals surface area contributed by atoms with E-state index in [-0.39, 0.29) is 11.1 Å². The lowest BCUT2D eigenvalue weighted by molar-refractivity contribution is 0.197. The average molecular weight is 533 g/mol. The summed E-state index contributed by atoms with van der Waals surface area (Å²) >= 11 is 0. The highest BCUT2D eigenvalue weighted by Gasteiger charge is 2.24. The molecule has 0 bridgehead atoms. The Labute approximate surface area is 234 Å². The third kappa shape index (κ3) is 4.96. The van der Waals surface area contributed by atoms with Crippen molar-refractivity contribution in [1.82, 2.24) is 24.0 Å². The van der Waals surface area contributed by atoms with E-state index in [1.54, 1.807) is 4.57 Å². The summed E-state index contributed by atoms with van der Waals surface area (Å²) in [6.07, 6.45) is 2.25. The van der Waals surface area contributed by atoms with E-state index in [0.717, 1.165) is 71.5 Å². The van der Waals surface area contributed by atoms with Crippen molar-refractivity contribution in [2.45, 2.75) is 52.6 Å². The molecule has 2 aromatic heterocycles. The second-order valence-electron chi connectivity index (χ2n) is 12.4. The fourth-order valence-corrected chi connectivity index (χ4v) is 6.07. The Kier molecular flexibility index (Phi) is 6.59. The van der Waals surface area contributed by atoms with Gasteiger partial charge in [-0.1, -0.05) is 45.0 Å². The van der Waals surface area contributed by atoms with Crippen LogP contribution >= 0.6 is 0 Å². The molecule has 3 heterocycles. The number of nitrogens with one attached hydrogen (secondary N) is 1. The second-order valence-corrected chi connectivity index (χ2v) is 12.4. The van der Waals surface area contributed by atoms with Gasteiger partial charge in [0.1, 0.15) is 5.82 Å². The van der Waals surface area contributed by atoms with Crippen molar-refractivity contribution in [3.63, 3.8) is 0 Å². The predicted molar refractivity (Wildman–Crippen MR) is 160 cm³/mol. The molecule has 0 aliphatic carbocycles. The van der Waals surface area contributed by atoms with Crippen LogP contribution in [0.5, 0.6) is 0 Å². The number of benzene rings is 3. The normalized spacial score (nSPS) is 16.5. The monoisotopic (exact) mass is 532 g/mol. The molecule has 6 rings (SSSR count). The number of nitrogens with zero attached hydrogens (tertiary/aromatic N) is 5. The minimum absolute atomic E-state index is 0.0135. The zero-order chi connectivity index (χ0) is 28.0. The number of hydrogen-bond acceptors (Lipinski definition) is 4. The molecule has 1 fully saturated rings. The Morgan fingerprint density at radius 2 is 1.90 bits per heavy atom. The lowest BCUT2D eigenvalue weighted by Gasteiger charge is -2.32. The quantitative estimate of drug-likeness (QED) is 0.293. The highest BCUT2D eigenvalue weighted by molar-refractivity contribution is 5.84. The first-order valence-electron chi connectivity index (χ1n) is 14.1. The van der Waals surface area contributed by atoms with E-state index in [0.29, 0.717) is 18.0 Å². The van der Waals surface area contributed by atoms with Crippen LogP contribution in [0.4, 0.5) is 0 Å². The number of H-pyrrole nitrogens is 1. The van der Waals surface area contributed by atoms with Crippen LogP contribution in [0.25, 0.3) is 33.2 Å². The minimum atomic E-state index is -0.0169. The Balaban J connectivity index is 1.28. The lowest BCUT2D eigenvalue weighted by Crippen LogP contribution is -2.34. The molecule has 7 nitrogen and oxygen atoms in total. The van der Waals surface area contributed by atoms with Gasteiger partial charge in [0.25, 0.3) is 0 Å². The second kappa shape index (κ2) is 10.1. The molecular formula is C33H36N6O. The SMILES string of the molecule is Cn1c(=O)n(CC(C)(C)C)c2ccc(-c3cc(CN4CCCC(c5nc6ccccc6[nH]5)C4)ccc3C#N)cc21. The van der Waals surface area contributed by atoms with E-state index in [1.807, 2.05) is 48.0 Å². The smallest absolute Gasteiger partial charge is 0.328 e. The van der Waals surface area contributed by atoms with E-state index < -0.39 is 0 Å². The molecule has 5 aromatic rings. The molecule has 40 heavy (non-hydrogen) atoms. The Morgan fingerprint density at radius 3 is 2.67 bits per heavy atom. The van der Waals surface area contributed by atoms with Gasteiger partial charge in [-0.25, -0.2) is 9.78 Å². The first-order chi connectivity index (χ1) is 19.2. The van der Waals surface area contributed by atoms with Gasteiger partial charge in [-0.2, -0.15) is 5.26 Å². The largest absolute Gasteiger partial charge is 0.342 e. The summed E-state index contributed by atoms with van der Waals surface area (Å²) in [5.41, 5.74) is 7.56. The van der Waals surface area contributed by atoms with Gasteiger partial charge in [0.05, 0.1) is 33.7 Å². The zero-order valence-corrected chi connectivity index (χ0v) is 23.7. The van der Waals surface area contributed by atoms with E-state index >= 15 is 0 Å². The maximum atomic E-state index is 13.1. The van der Waals surface area contributed by atoms with Crippen molar-refractivity contribution < 1.29 is 0 Å². The highest BCUT2D eigenvalue weighted by Crippen LogP contribution is 2.31. The predicted octanol–water partition coefficient (Wildman–Crippen LogP) is 6.18. The highest BCUT2D eigenvalue weighted by atomic mass is 16.1. The number of likely N-dealkylation sites (tertiary alicyclic amines) is 1. The van der Waals surface area contributed by atoms with Crippen LogP contribution < -0.4 is 5.69 Å². The third-order valence-electron chi connectivity index (χ3n) is 8.00. The first kappa shape index (κ1) is 26.1. The number of aromatic nitrogens is 4. The molecule has 204 valence electrons. The van der Waals surface area contributed by atoms with Crippen LogP contribution in [0.1, 0.15) is 56.5 Å². The van der Waals surface area contributed by atoms with Crippen LogP contribution in [-0.2, 0) is 20.1 Å². The Bertz CT molecular complexity index is 1780. The first-order valence-corrected chi connectivity index (χ1v) is 14.1. The molecule has 1 unspecified atom stereocenters. The third-order valence-corrected chi connectivity index (χ3v) is 8.00. The lowest BCUT2D eigenvalue weighted by atomic mass is 9.95. The number of nitriles is 1. The van der Waals surface area contributed by atoms with Crippen molar-refractivity contribution in [2.24, 2.45) is 12.5 Å². The van der Waals surface area contributed by atoms with Gasteiger partial charge < -0.3 is 4.98 Å². The number of hydrogen-bond donors (Lipinski definition) is 1. The number of rotatable bonds is 5. The van der Waals surface area contributed by atoms with Gasteiger partial charge in [0.15, 0.2) is 0 Å². The van der Waals surface area contributed by atoms with E-state index in [2.05, 4.69) is 61.0 Å². The van der Waals surface area contributed by atoms with Gasteiger partial charge in [-0.15, -0.1) is 0 Å². The molecule has 3 aromatic carbocycles. The molecule has 1 aliphatic heterocycles. The Hall–Kier alpha value is -4.15.